The van der Waals surface area contributed by atoms with Gasteiger partial charge in [0, 0.05) is 0 Å². The quantitative estimate of drug-likeness (QED) is 0.636. The molecule has 21 heavy (non-hydrogen) atoms. The molecule has 0 spiro atoms. The SMILES string of the molecule is CC(C)C(C)C(=O)OC(C)(C)C(O)(C(F)(F)F)C(F)(F)F. The Hall–Kier alpha value is -0.990. The minimum atomic E-state index is -6.06. The molecule has 1 N–H and O–H groups in total. The van der Waals surface area contributed by atoms with Gasteiger partial charge in [0.2, 0.25) is 0 Å². The topological polar surface area (TPSA) is 46.5 Å². The number of halogens is 6. The highest BCUT2D eigenvalue weighted by Crippen LogP contribution is 2.50. The number of hydrogen-bond acceptors (Lipinski definition) is 3. The maximum absolute atomic E-state index is 12.7. The number of carbonyl (C=O) groups is 1. The number of carbonyl (C=O) groups excluding carboxylic acids is 1. The number of aliphatic hydroxyl groups is 1. The molecule has 0 heterocycles. The monoisotopic (exact) mass is 324 g/mol. The molecule has 0 saturated carbocycles. The second-order valence-corrected chi connectivity index (χ2v) is 5.67. The van der Waals surface area contributed by atoms with Crippen molar-refractivity contribution in [1.29, 1.82) is 0 Å². The number of hydrogen-bond donors (Lipinski definition) is 1. The van der Waals surface area contributed by atoms with Crippen LogP contribution in [0.25, 0.3) is 0 Å². The van der Waals surface area contributed by atoms with Gasteiger partial charge in [0.05, 0.1) is 5.92 Å². The fourth-order valence-electron chi connectivity index (χ4n) is 1.53. The Morgan fingerprint density at radius 3 is 1.52 bits per heavy atom. The van der Waals surface area contributed by atoms with Crippen molar-refractivity contribution in [3.63, 3.8) is 0 Å². The Labute approximate surface area is 118 Å². The van der Waals surface area contributed by atoms with Crippen LogP contribution in [0.4, 0.5) is 26.3 Å². The van der Waals surface area contributed by atoms with Crippen LogP contribution in [0.5, 0.6) is 0 Å². The van der Waals surface area contributed by atoms with Gasteiger partial charge in [-0.05, 0) is 19.8 Å². The fourth-order valence-corrected chi connectivity index (χ4v) is 1.53. The normalized spacial score (nSPS) is 16.0. The van der Waals surface area contributed by atoms with Crippen molar-refractivity contribution in [2.45, 2.75) is 58.2 Å². The Kier molecular flexibility index (Phi) is 5.39. The summed E-state index contributed by atoms with van der Waals surface area (Å²) in [6, 6.07) is 0. The first-order valence-electron chi connectivity index (χ1n) is 6.07. The summed E-state index contributed by atoms with van der Waals surface area (Å²) in [4.78, 5) is 11.6. The summed E-state index contributed by atoms with van der Waals surface area (Å²) >= 11 is 0. The molecular formula is C12H18F6O3. The minimum absolute atomic E-state index is 0.349. The largest absolute Gasteiger partial charge is 0.456 e. The molecule has 126 valence electrons. The molecule has 0 amide bonds. The Morgan fingerprint density at radius 1 is 0.952 bits per heavy atom. The van der Waals surface area contributed by atoms with Crippen LogP contribution in [0.15, 0.2) is 0 Å². The van der Waals surface area contributed by atoms with Crippen LogP contribution in [0.1, 0.15) is 34.6 Å². The maximum Gasteiger partial charge on any atom is 0.430 e. The summed E-state index contributed by atoms with van der Waals surface area (Å²) in [7, 11) is 0. The van der Waals surface area contributed by atoms with Crippen LogP contribution in [0.3, 0.4) is 0 Å². The highest BCUT2D eigenvalue weighted by molar-refractivity contribution is 5.72. The summed E-state index contributed by atoms with van der Waals surface area (Å²) in [5, 5.41) is 9.25. The lowest BCUT2D eigenvalue weighted by atomic mass is 9.83. The standard InChI is InChI=1S/C12H18F6O3/c1-6(2)7(3)8(19)21-9(4,5)10(20,11(13,14)15)12(16,17)18/h6-7,20H,1-5H3. The van der Waals surface area contributed by atoms with Crippen LogP contribution >= 0.6 is 0 Å². The van der Waals surface area contributed by atoms with Gasteiger partial charge >= 0.3 is 18.3 Å². The third kappa shape index (κ3) is 3.61. The van der Waals surface area contributed by atoms with Gasteiger partial charge in [0.25, 0.3) is 5.60 Å². The highest BCUT2D eigenvalue weighted by Gasteiger charge is 2.78. The van der Waals surface area contributed by atoms with Gasteiger partial charge in [-0.1, -0.05) is 20.8 Å². The second-order valence-electron chi connectivity index (χ2n) is 5.67. The number of alkyl halides is 6. The average Bonchev–Trinajstić information content (AvgIpc) is 2.22. The van der Waals surface area contributed by atoms with E-state index in [9.17, 15) is 36.2 Å². The van der Waals surface area contributed by atoms with Gasteiger partial charge in [-0.3, -0.25) is 4.79 Å². The Bertz CT molecular complexity index is 369. The van der Waals surface area contributed by atoms with Crippen LogP contribution in [0.2, 0.25) is 0 Å². The van der Waals surface area contributed by atoms with E-state index in [1.54, 1.807) is 13.8 Å². The molecule has 0 saturated heterocycles. The van der Waals surface area contributed by atoms with Crippen molar-refractivity contribution in [2.24, 2.45) is 11.8 Å². The van der Waals surface area contributed by atoms with Gasteiger partial charge in [0.1, 0.15) is 0 Å². The molecule has 0 aliphatic heterocycles. The summed E-state index contributed by atoms with van der Waals surface area (Å²) in [5.41, 5.74) is -8.40. The van der Waals surface area contributed by atoms with Crippen molar-refractivity contribution in [3.05, 3.63) is 0 Å². The van der Waals surface area contributed by atoms with Crippen LogP contribution < -0.4 is 0 Å². The molecule has 0 aliphatic rings. The molecule has 0 aliphatic carbocycles. The molecule has 1 atom stereocenters. The number of ether oxygens (including phenoxy) is 1. The molecule has 0 radical (unpaired) electrons. The smallest absolute Gasteiger partial charge is 0.430 e. The highest BCUT2D eigenvalue weighted by atomic mass is 19.4. The molecule has 9 heteroatoms. The zero-order chi connectivity index (χ0) is 17.4. The zero-order valence-corrected chi connectivity index (χ0v) is 12.2. The van der Waals surface area contributed by atoms with Crippen molar-refractivity contribution in [1.82, 2.24) is 0 Å². The predicted octanol–water partition coefficient (Wildman–Crippen LogP) is 3.46. The molecule has 0 aromatic heterocycles. The van der Waals surface area contributed by atoms with Crippen molar-refractivity contribution < 1.29 is 41.0 Å². The summed E-state index contributed by atoms with van der Waals surface area (Å²) < 4.78 is 80.8. The van der Waals surface area contributed by atoms with E-state index in [1.165, 1.54) is 6.92 Å². The van der Waals surface area contributed by atoms with E-state index in [-0.39, 0.29) is 5.92 Å². The van der Waals surface area contributed by atoms with E-state index >= 15 is 0 Å². The average molecular weight is 324 g/mol. The Morgan fingerprint density at radius 2 is 1.29 bits per heavy atom. The van der Waals surface area contributed by atoms with Crippen molar-refractivity contribution in [3.8, 4) is 0 Å². The third-order valence-electron chi connectivity index (χ3n) is 3.42. The molecule has 0 fully saturated rings. The van der Waals surface area contributed by atoms with E-state index < -0.39 is 35.4 Å². The van der Waals surface area contributed by atoms with E-state index in [1.807, 2.05) is 0 Å². The molecule has 1 unspecified atom stereocenters. The molecule has 0 bridgehead atoms. The molecule has 0 rings (SSSR count). The van der Waals surface area contributed by atoms with Crippen LogP contribution in [-0.4, -0.2) is 34.6 Å². The molecule has 0 aromatic rings. The molecule has 0 aromatic carbocycles. The second kappa shape index (κ2) is 5.66. The van der Waals surface area contributed by atoms with E-state index in [0.29, 0.717) is 13.8 Å². The first-order valence-corrected chi connectivity index (χ1v) is 6.07. The van der Waals surface area contributed by atoms with Crippen LogP contribution in [-0.2, 0) is 9.53 Å². The summed E-state index contributed by atoms with van der Waals surface area (Å²) in [5.74, 6) is -2.52. The predicted molar refractivity (Wildman–Crippen MR) is 61.2 cm³/mol. The lowest BCUT2D eigenvalue weighted by Gasteiger charge is -2.43. The van der Waals surface area contributed by atoms with E-state index in [2.05, 4.69) is 4.74 Å². The summed E-state index contributed by atoms with van der Waals surface area (Å²) in [6.07, 6.45) is -12.1. The Balaban J connectivity index is 5.68. The zero-order valence-electron chi connectivity index (χ0n) is 12.2. The maximum atomic E-state index is 12.7. The van der Waals surface area contributed by atoms with Crippen molar-refractivity contribution in [2.75, 3.05) is 0 Å². The number of esters is 1. The number of rotatable bonds is 4. The van der Waals surface area contributed by atoms with Crippen molar-refractivity contribution >= 4 is 5.97 Å². The van der Waals surface area contributed by atoms with Crippen LogP contribution in [0, 0.1) is 11.8 Å². The van der Waals surface area contributed by atoms with Gasteiger partial charge < -0.3 is 9.84 Å². The van der Waals surface area contributed by atoms with Gasteiger partial charge in [-0.15, -0.1) is 0 Å². The lowest BCUT2D eigenvalue weighted by molar-refractivity contribution is -0.407. The first kappa shape index (κ1) is 20.0. The van der Waals surface area contributed by atoms with E-state index in [4.69, 9.17) is 0 Å². The van der Waals surface area contributed by atoms with Gasteiger partial charge in [-0.2, -0.15) is 26.3 Å². The fraction of sp³-hybridized carbons (Fsp3) is 0.917. The molecule has 3 nitrogen and oxygen atoms in total. The third-order valence-corrected chi connectivity index (χ3v) is 3.42. The van der Waals surface area contributed by atoms with Gasteiger partial charge in [-0.25, -0.2) is 0 Å². The van der Waals surface area contributed by atoms with Gasteiger partial charge in [0.15, 0.2) is 5.60 Å². The lowest BCUT2D eigenvalue weighted by Crippen LogP contribution is -2.70. The summed E-state index contributed by atoms with van der Waals surface area (Å²) in [6.45, 7) is 5.17. The first-order chi connectivity index (χ1) is 8.99. The minimum Gasteiger partial charge on any atom is -0.456 e. The molecular weight excluding hydrogens is 306 g/mol. The van der Waals surface area contributed by atoms with E-state index in [0.717, 1.165) is 0 Å².